The fourth-order valence-corrected chi connectivity index (χ4v) is 2.06. The summed E-state index contributed by atoms with van der Waals surface area (Å²) < 4.78 is 0. The molecule has 0 radical (unpaired) electrons. The molecule has 0 unspecified atom stereocenters. The van der Waals surface area contributed by atoms with Crippen LogP contribution < -0.4 is 11.1 Å². The zero-order chi connectivity index (χ0) is 15.0. The summed E-state index contributed by atoms with van der Waals surface area (Å²) in [5, 5.41) is 9.25. The maximum atomic E-state index is 12.1. The highest BCUT2D eigenvalue weighted by Gasteiger charge is 2.18. The first kappa shape index (κ1) is 13.3. The van der Waals surface area contributed by atoms with E-state index in [4.69, 9.17) is 17.3 Å². The Labute approximate surface area is 123 Å². The number of hydrogen-bond acceptors (Lipinski definition) is 6. The molecule has 0 aromatic carbocycles. The molecule has 1 amide bonds. The molecular formula is C11H11ClN8O. The van der Waals surface area contributed by atoms with Gasteiger partial charge in [0.15, 0.2) is 16.5 Å². The van der Waals surface area contributed by atoms with Crippen LogP contribution in [0, 0.1) is 0 Å². The van der Waals surface area contributed by atoms with Crippen molar-refractivity contribution in [2.75, 3.05) is 11.1 Å². The Morgan fingerprint density at radius 2 is 2.29 bits per heavy atom. The van der Waals surface area contributed by atoms with E-state index in [0.29, 0.717) is 29.0 Å². The van der Waals surface area contributed by atoms with E-state index >= 15 is 0 Å². The van der Waals surface area contributed by atoms with Crippen LogP contribution in [0.1, 0.15) is 23.1 Å². The molecule has 10 heteroatoms. The molecule has 3 aromatic rings. The monoisotopic (exact) mass is 306 g/mol. The van der Waals surface area contributed by atoms with Gasteiger partial charge in [-0.3, -0.25) is 15.2 Å². The van der Waals surface area contributed by atoms with Crippen molar-refractivity contribution in [3.05, 3.63) is 22.9 Å². The van der Waals surface area contributed by atoms with E-state index in [2.05, 4.69) is 35.5 Å². The number of nitrogens with one attached hydrogen (secondary N) is 3. The van der Waals surface area contributed by atoms with E-state index in [9.17, 15) is 4.79 Å². The van der Waals surface area contributed by atoms with Crippen molar-refractivity contribution in [1.29, 1.82) is 0 Å². The lowest BCUT2D eigenvalue weighted by Gasteiger charge is -2.03. The molecule has 5 N–H and O–H groups in total. The third-order valence-electron chi connectivity index (χ3n) is 2.92. The van der Waals surface area contributed by atoms with Gasteiger partial charge in [-0.1, -0.05) is 18.5 Å². The van der Waals surface area contributed by atoms with Crippen molar-refractivity contribution in [3.63, 3.8) is 0 Å². The zero-order valence-electron chi connectivity index (χ0n) is 10.9. The standard InChI is InChI=1S/C11H11ClN8O/c1-2-4-5(13)6(20-19-4)10(21)18-11-16-8(12)7-9(17-11)15-3-14-7/h3H,2,13H2,1H3,(H,19,20)(H2,14,15,16,17,18,21). The summed E-state index contributed by atoms with van der Waals surface area (Å²) in [5.74, 6) is -0.487. The molecule has 21 heavy (non-hydrogen) atoms. The van der Waals surface area contributed by atoms with Crippen molar-refractivity contribution in [1.82, 2.24) is 30.1 Å². The Morgan fingerprint density at radius 3 is 3.00 bits per heavy atom. The number of halogens is 1. The molecule has 108 valence electrons. The molecule has 0 aliphatic rings. The minimum absolute atomic E-state index is 0.0325. The van der Waals surface area contributed by atoms with Crippen LogP contribution in [0.15, 0.2) is 6.33 Å². The highest BCUT2D eigenvalue weighted by Crippen LogP contribution is 2.19. The minimum atomic E-state index is -0.519. The smallest absolute Gasteiger partial charge is 0.280 e. The molecule has 0 fully saturated rings. The second-order valence-electron chi connectivity index (χ2n) is 4.21. The summed E-state index contributed by atoms with van der Waals surface area (Å²) in [6, 6.07) is 0. The highest BCUT2D eigenvalue weighted by atomic mass is 35.5. The molecule has 0 aliphatic carbocycles. The van der Waals surface area contributed by atoms with Crippen LogP contribution in [0.25, 0.3) is 11.2 Å². The number of nitrogens with zero attached hydrogens (tertiary/aromatic N) is 4. The molecule has 9 nitrogen and oxygen atoms in total. The molecule has 0 aliphatic heterocycles. The number of fused-ring (bicyclic) bond motifs is 1. The number of aromatic nitrogens is 6. The van der Waals surface area contributed by atoms with Gasteiger partial charge in [0.2, 0.25) is 5.95 Å². The van der Waals surface area contributed by atoms with Crippen molar-refractivity contribution >= 4 is 40.3 Å². The molecule has 0 saturated carbocycles. The van der Waals surface area contributed by atoms with Gasteiger partial charge in [-0.25, -0.2) is 4.98 Å². The second kappa shape index (κ2) is 5.02. The maximum Gasteiger partial charge on any atom is 0.280 e. The molecule has 3 rings (SSSR count). The SMILES string of the molecule is CCc1[nH]nc(C(=O)Nc2nc(Cl)c3[nH]cnc3n2)c1N. The van der Waals surface area contributed by atoms with E-state index in [1.165, 1.54) is 6.33 Å². The van der Waals surface area contributed by atoms with E-state index < -0.39 is 5.91 Å². The largest absolute Gasteiger partial charge is 0.395 e. The summed E-state index contributed by atoms with van der Waals surface area (Å²) in [6.07, 6.45) is 2.09. The van der Waals surface area contributed by atoms with E-state index in [-0.39, 0.29) is 16.8 Å². The Morgan fingerprint density at radius 1 is 1.48 bits per heavy atom. The first-order valence-electron chi connectivity index (χ1n) is 6.10. The number of carbonyl (C=O) groups is 1. The van der Waals surface area contributed by atoms with Gasteiger partial charge in [0, 0.05) is 0 Å². The average Bonchev–Trinajstić information content (AvgIpc) is 3.05. The van der Waals surface area contributed by atoms with Gasteiger partial charge in [0.05, 0.1) is 17.7 Å². The molecule has 3 heterocycles. The first-order chi connectivity index (χ1) is 10.1. The zero-order valence-corrected chi connectivity index (χ0v) is 11.7. The van der Waals surface area contributed by atoms with Gasteiger partial charge < -0.3 is 10.7 Å². The third kappa shape index (κ3) is 2.27. The Hall–Kier alpha value is -2.68. The van der Waals surface area contributed by atoms with Crippen LogP contribution >= 0.6 is 11.6 Å². The van der Waals surface area contributed by atoms with Crippen LogP contribution in [0.5, 0.6) is 0 Å². The second-order valence-corrected chi connectivity index (χ2v) is 4.57. The summed E-state index contributed by atoms with van der Waals surface area (Å²) in [5.41, 5.74) is 7.79. The summed E-state index contributed by atoms with van der Waals surface area (Å²) >= 11 is 5.97. The van der Waals surface area contributed by atoms with E-state index in [1.807, 2.05) is 6.92 Å². The number of nitrogens with two attached hydrogens (primary N) is 1. The van der Waals surface area contributed by atoms with Crippen molar-refractivity contribution in [3.8, 4) is 0 Å². The van der Waals surface area contributed by atoms with Gasteiger partial charge in [-0.05, 0) is 6.42 Å². The number of carbonyl (C=O) groups excluding carboxylic acids is 1. The van der Waals surface area contributed by atoms with Gasteiger partial charge in [-0.2, -0.15) is 15.1 Å². The Balaban J connectivity index is 1.90. The number of aromatic amines is 2. The molecular weight excluding hydrogens is 296 g/mol. The number of H-pyrrole nitrogens is 2. The average molecular weight is 307 g/mol. The number of amides is 1. The number of aryl methyl sites for hydroxylation is 1. The summed E-state index contributed by atoms with van der Waals surface area (Å²) in [6.45, 7) is 1.90. The quantitative estimate of drug-likeness (QED) is 0.535. The maximum absolute atomic E-state index is 12.1. The third-order valence-corrected chi connectivity index (χ3v) is 3.19. The topological polar surface area (TPSA) is 138 Å². The van der Waals surface area contributed by atoms with Gasteiger partial charge in [0.1, 0.15) is 5.52 Å². The molecule has 3 aromatic heterocycles. The highest BCUT2D eigenvalue weighted by molar-refractivity contribution is 6.33. The number of hydrogen-bond donors (Lipinski definition) is 4. The number of imidazole rings is 1. The summed E-state index contributed by atoms with van der Waals surface area (Å²) in [4.78, 5) is 26.9. The van der Waals surface area contributed by atoms with Gasteiger partial charge in [0.25, 0.3) is 5.91 Å². The molecule has 0 atom stereocenters. The fourth-order valence-electron chi connectivity index (χ4n) is 1.84. The lowest BCUT2D eigenvalue weighted by atomic mass is 10.2. The van der Waals surface area contributed by atoms with Crippen molar-refractivity contribution in [2.24, 2.45) is 0 Å². The van der Waals surface area contributed by atoms with Crippen LogP contribution in [0.2, 0.25) is 5.15 Å². The van der Waals surface area contributed by atoms with Crippen LogP contribution in [0.4, 0.5) is 11.6 Å². The van der Waals surface area contributed by atoms with Crippen molar-refractivity contribution < 1.29 is 4.79 Å². The number of rotatable bonds is 3. The predicted octanol–water partition coefficient (Wildman–Crippen LogP) is 1.13. The predicted molar refractivity (Wildman–Crippen MR) is 77.0 cm³/mol. The Kier molecular flexibility index (Phi) is 3.18. The molecule has 0 bridgehead atoms. The first-order valence-corrected chi connectivity index (χ1v) is 6.48. The van der Waals surface area contributed by atoms with E-state index in [0.717, 1.165) is 0 Å². The normalized spacial score (nSPS) is 11.0. The van der Waals surface area contributed by atoms with Crippen LogP contribution in [-0.2, 0) is 6.42 Å². The lowest BCUT2D eigenvalue weighted by molar-refractivity contribution is 0.102. The van der Waals surface area contributed by atoms with Crippen molar-refractivity contribution in [2.45, 2.75) is 13.3 Å². The number of nitrogen functional groups attached to an aromatic ring is 1. The van der Waals surface area contributed by atoms with Crippen LogP contribution in [-0.4, -0.2) is 36.0 Å². The number of anilines is 2. The summed E-state index contributed by atoms with van der Waals surface area (Å²) in [7, 11) is 0. The molecule has 0 saturated heterocycles. The Bertz CT molecular complexity index is 823. The van der Waals surface area contributed by atoms with Crippen LogP contribution in [0.3, 0.4) is 0 Å². The van der Waals surface area contributed by atoms with Gasteiger partial charge in [-0.15, -0.1) is 0 Å². The lowest BCUT2D eigenvalue weighted by Crippen LogP contribution is -2.16. The minimum Gasteiger partial charge on any atom is -0.395 e. The van der Waals surface area contributed by atoms with E-state index in [1.54, 1.807) is 0 Å². The van der Waals surface area contributed by atoms with Gasteiger partial charge >= 0.3 is 0 Å². The fraction of sp³-hybridized carbons (Fsp3) is 0.182. The molecule has 0 spiro atoms.